The minimum Gasteiger partial charge on any atom is -0.349 e. The van der Waals surface area contributed by atoms with Gasteiger partial charge in [-0.15, -0.1) is 0 Å². The Hall–Kier alpha value is -3.15. The fourth-order valence-corrected chi connectivity index (χ4v) is 3.02. The van der Waals surface area contributed by atoms with Crippen LogP contribution < -0.4 is 10.9 Å². The maximum absolute atomic E-state index is 12.6. The summed E-state index contributed by atoms with van der Waals surface area (Å²) >= 11 is 0. The molecule has 0 saturated heterocycles. The minimum absolute atomic E-state index is 0.0612. The first kappa shape index (κ1) is 18.6. The topological polar surface area (TPSA) is 90.6 Å². The first-order valence-electron chi connectivity index (χ1n) is 8.96. The van der Waals surface area contributed by atoms with Crippen LogP contribution in [-0.4, -0.2) is 27.1 Å². The Kier molecular flexibility index (Phi) is 5.26. The standard InChI is InChI=1S/C21H24N4O2/c1-12-8-19(21(27)23-15(12)4)16-6-5-7-17(11-16)20(26)22-13(2)9-18-10-14(3)24-25-18/h5-8,10-11,13H,9H2,1-4H3,(H,22,26)(H,23,27)(H,24,25)/t13-/m1/s1. The lowest BCUT2D eigenvalue weighted by molar-refractivity contribution is 0.0940. The number of aromatic amines is 2. The summed E-state index contributed by atoms with van der Waals surface area (Å²) in [5.74, 6) is -0.170. The number of aryl methyl sites for hydroxylation is 3. The number of nitrogens with one attached hydrogen (secondary N) is 3. The number of hydrogen-bond donors (Lipinski definition) is 3. The molecule has 140 valence electrons. The molecule has 0 bridgehead atoms. The lowest BCUT2D eigenvalue weighted by Gasteiger charge is -2.13. The van der Waals surface area contributed by atoms with E-state index in [1.807, 2.05) is 45.9 Å². The molecule has 0 unspecified atom stereocenters. The molecule has 0 radical (unpaired) electrons. The molecule has 0 aliphatic heterocycles. The SMILES string of the molecule is Cc1cc(C[C@@H](C)NC(=O)c2cccc(-c3cc(C)c(C)[nH]c3=O)c2)n[nH]1. The molecule has 6 nitrogen and oxygen atoms in total. The van der Waals surface area contributed by atoms with E-state index in [2.05, 4.69) is 20.5 Å². The summed E-state index contributed by atoms with van der Waals surface area (Å²) in [4.78, 5) is 27.8. The van der Waals surface area contributed by atoms with Crippen molar-refractivity contribution < 1.29 is 4.79 Å². The van der Waals surface area contributed by atoms with Crippen molar-refractivity contribution in [2.24, 2.45) is 0 Å². The number of pyridine rings is 1. The van der Waals surface area contributed by atoms with Crippen molar-refractivity contribution in [2.75, 3.05) is 0 Å². The van der Waals surface area contributed by atoms with Crippen LogP contribution >= 0.6 is 0 Å². The Balaban J connectivity index is 1.78. The predicted molar refractivity (Wildman–Crippen MR) is 106 cm³/mol. The van der Waals surface area contributed by atoms with E-state index in [4.69, 9.17) is 0 Å². The molecule has 1 atom stereocenters. The molecule has 0 aliphatic carbocycles. The van der Waals surface area contributed by atoms with Gasteiger partial charge in [0.25, 0.3) is 11.5 Å². The average molecular weight is 364 g/mol. The number of aromatic nitrogens is 3. The molecule has 0 spiro atoms. The largest absolute Gasteiger partial charge is 0.349 e. The molecule has 1 aromatic carbocycles. The van der Waals surface area contributed by atoms with Crippen molar-refractivity contribution in [3.63, 3.8) is 0 Å². The van der Waals surface area contributed by atoms with Crippen molar-refractivity contribution >= 4 is 5.91 Å². The second-order valence-electron chi connectivity index (χ2n) is 7.02. The highest BCUT2D eigenvalue weighted by molar-refractivity contribution is 5.95. The first-order valence-corrected chi connectivity index (χ1v) is 8.96. The summed E-state index contributed by atoms with van der Waals surface area (Å²) in [6.07, 6.45) is 0.645. The lowest BCUT2D eigenvalue weighted by Crippen LogP contribution is -2.34. The normalized spacial score (nSPS) is 12.0. The molecule has 3 aromatic rings. The van der Waals surface area contributed by atoms with Gasteiger partial charge in [0.15, 0.2) is 0 Å². The Morgan fingerprint density at radius 2 is 1.96 bits per heavy atom. The lowest BCUT2D eigenvalue weighted by atomic mass is 10.0. The summed E-state index contributed by atoms with van der Waals surface area (Å²) in [5.41, 5.74) is 5.41. The van der Waals surface area contributed by atoms with Crippen molar-refractivity contribution in [3.8, 4) is 11.1 Å². The Labute approximate surface area is 158 Å². The monoisotopic (exact) mass is 364 g/mol. The van der Waals surface area contributed by atoms with Gasteiger partial charge in [0.05, 0.1) is 5.69 Å². The van der Waals surface area contributed by atoms with E-state index >= 15 is 0 Å². The predicted octanol–water partition coefficient (Wildman–Crippen LogP) is 3.05. The molecule has 1 amide bonds. The number of amides is 1. The zero-order chi connectivity index (χ0) is 19.6. The second kappa shape index (κ2) is 7.61. The number of carbonyl (C=O) groups excluding carboxylic acids is 1. The first-order chi connectivity index (χ1) is 12.8. The van der Waals surface area contributed by atoms with Gasteiger partial charge in [-0.25, -0.2) is 0 Å². The minimum atomic E-state index is -0.170. The summed E-state index contributed by atoms with van der Waals surface area (Å²) < 4.78 is 0. The van der Waals surface area contributed by atoms with Crippen molar-refractivity contribution in [1.29, 1.82) is 0 Å². The Morgan fingerprint density at radius 1 is 1.19 bits per heavy atom. The Bertz CT molecular complexity index is 1030. The molecule has 2 aromatic heterocycles. The molecule has 0 saturated carbocycles. The van der Waals surface area contributed by atoms with E-state index in [9.17, 15) is 9.59 Å². The second-order valence-corrected chi connectivity index (χ2v) is 7.02. The zero-order valence-electron chi connectivity index (χ0n) is 16.0. The molecule has 0 aliphatic rings. The highest BCUT2D eigenvalue weighted by atomic mass is 16.1. The van der Waals surface area contributed by atoms with Crippen LogP contribution in [0.2, 0.25) is 0 Å². The third-order valence-corrected chi connectivity index (χ3v) is 4.59. The van der Waals surface area contributed by atoms with Crippen molar-refractivity contribution in [1.82, 2.24) is 20.5 Å². The van der Waals surface area contributed by atoms with E-state index < -0.39 is 0 Å². The van der Waals surface area contributed by atoms with Crippen molar-refractivity contribution in [3.05, 3.63) is 75.0 Å². The van der Waals surface area contributed by atoms with Gasteiger partial charge in [0, 0.05) is 35.0 Å². The fourth-order valence-electron chi connectivity index (χ4n) is 3.02. The van der Waals surface area contributed by atoms with E-state index in [0.29, 0.717) is 17.5 Å². The van der Waals surface area contributed by atoms with Gasteiger partial charge in [-0.3, -0.25) is 14.7 Å². The molecule has 27 heavy (non-hydrogen) atoms. The van der Waals surface area contributed by atoms with Crippen LogP contribution in [0.1, 0.15) is 39.9 Å². The van der Waals surface area contributed by atoms with Crippen LogP contribution in [0.3, 0.4) is 0 Å². The summed E-state index contributed by atoms with van der Waals surface area (Å²) in [5, 5.41) is 10.1. The third-order valence-electron chi connectivity index (χ3n) is 4.59. The maximum Gasteiger partial charge on any atom is 0.256 e. The molecule has 0 fully saturated rings. The van der Waals surface area contributed by atoms with Crippen molar-refractivity contribution in [2.45, 2.75) is 40.2 Å². The quantitative estimate of drug-likeness (QED) is 0.650. The summed E-state index contributed by atoms with van der Waals surface area (Å²) in [6, 6.07) is 10.9. The summed E-state index contributed by atoms with van der Waals surface area (Å²) in [6.45, 7) is 7.70. The number of carbonyl (C=O) groups is 1. The maximum atomic E-state index is 12.6. The van der Waals surface area contributed by atoms with Gasteiger partial charge in [0.1, 0.15) is 0 Å². The van der Waals surface area contributed by atoms with Gasteiger partial charge in [-0.05, 0) is 63.1 Å². The smallest absolute Gasteiger partial charge is 0.256 e. The number of hydrogen-bond acceptors (Lipinski definition) is 3. The van der Waals surface area contributed by atoms with Gasteiger partial charge < -0.3 is 10.3 Å². The van der Waals surface area contributed by atoms with Gasteiger partial charge >= 0.3 is 0 Å². The van der Waals surface area contributed by atoms with Gasteiger partial charge in [0.2, 0.25) is 0 Å². The van der Waals surface area contributed by atoms with E-state index in [1.165, 1.54) is 0 Å². The molecule has 3 N–H and O–H groups in total. The van der Waals surface area contributed by atoms with Crippen LogP contribution in [0, 0.1) is 20.8 Å². The van der Waals surface area contributed by atoms with Crippen LogP contribution in [0.25, 0.3) is 11.1 Å². The van der Waals surface area contributed by atoms with Gasteiger partial charge in [-0.2, -0.15) is 5.10 Å². The number of benzene rings is 1. The zero-order valence-corrected chi connectivity index (χ0v) is 16.0. The third kappa shape index (κ3) is 4.34. The number of rotatable bonds is 5. The molecular formula is C21H24N4O2. The van der Waals surface area contributed by atoms with Gasteiger partial charge in [-0.1, -0.05) is 12.1 Å². The summed E-state index contributed by atoms with van der Waals surface area (Å²) in [7, 11) is 0. The van der Waals surface area contributed by atoms with E-state index in [-0.39, 0.29) is 17.5 Å². The molecule has 2 heterocycles. The highest BCUT2D eigenvalue weighted by Crippen LogP contribution is 2.19. The Morgan fingerprint density at radius 3 is 2.67 bits per heavy atom. The molecular weight excluding hydrogens is 340 g/mol. The fraction of sp³-hybridized carbons (Fsp3) is 0.286. The van der Waals surface area contributed by atoms with E-state index in [0.717, 1.165) is 28.2 Å². The van der Waals surface area contributed by atoms with Crippen LogP contribution in [0.15, 0.2) is 41.2 Å². The number of H-pyrrole nitrogens is 2. The molecule has 6 heteroatoms. The average Bonchev–Trinajstić information content (AvgIpc) is 3.02. The van der Waals surface area contributed by atoms with Crippen LogP contribution in [-0.2, 0) is 6.42 Å². The number of nitrogens with zero attached hydrogens (tertiary/aromatic N) is 1. The van der Waals surface area contributed by atoms with Crippen LogP contribution in [0.5, 0.6) is 0 Å². The molecule has 3 rings (SSSR count). The van der Waals surface area contributed by atoms with Crippen LogP contribution in [0.4, 0.5) is 0 Å². The highest BCUT2D eigenvalue weighted by Gasteiger charge is 2.13. The van der Waals surface area contributed by atoms with E-state index in [1.54, 1.807) is 18.2 Å².